The van der Waals surface area contributed by atoms with Gasteiger partial charge in [-0.2, -0.15) is 0 Å². The van der Waals surface area contributed by atoms with Crippen LogP contribution < -0.4 is 30.7 Å². The van der Waals surface area contributed by atoms with Gasteiger partial charge < -0.3 is 51.2 Å². The van der Waals surface area contributed by atoms with Crippen molar-refractivity contribution in [1.82, 2.24) is 0 Å². The third kappa shape index (κ3) is 10.6. The van der Waals surface area contributed by atoms with E-state index in [2.05, 4.69) is 21.3 Å². The molecule has 4 aliphatic rings. The number of nitrogens with one attached hydrogen (secondary N) is 4. The molecule has 0 aromatic heterocycles. The lowest BCUT2D eigenvalue weighted by atomic mass is 9.82. The van der Waals surface area contributed by atoms with Crippen LogP contribution in [0.2, 0.25) is 0 Å². The van der Waals surface area contributed by atoms with Gasteiger partial charge in [0, 0.05) is 46.0 Å². The Morgan fingerprint density at radius 1 is 0.372 bits per heavy atom. The summed E-state index contributed by atoms with van der Waals surface area (Å²) in [6, 6.07) is 31.8. The third-order valence-corrected chi connectivity index (χ3v) is 14.5. The second-order valence-electron chi connectivity index (χ2n) is 19.3. The molecule has 0 saturated heterocycles. The van der Waals surface area contributed by atoms with Crippen molar-refractivity contribution < 1.29 is 73.1 Å². The molecular formula is C59H46N4O15. The Kier molecular flexibility index (Phi) is 14.0. The number of hydrogen-bond acceptors (Lipinski definition) is 11. The summed E-state index contributed by atoms with van der Waals surface area (Å²) in [6.45, 7) is 0. The summed E-state index contributed by atoms with van der Waals surface area (Å²) >= 11 is 0. The van der Waals surface area contributed by atoms with Gasteiger partial charge in [0.1, 0.15) is 23.0 Å². The van der Waals surface area contributed by atoms with E-state index < -0.39 is 88.1 Å². The summed E-state index contributed by atoms with van der Waals surface area (Å²) in [7, 11) is 0. The topological polar surface area (TPSA) is 301 Å². The highest BCUT2D eigenvalue weighted by Gasteiger charge is 2.53. The van der Waals surface area contributed by atoms with E-state index in [1.165, 1.54) is 60.7 Å². The minimum absolute atomic E-state index is 0.149. The molecule has 6 aromatic carbocycles. The van der Waals surface area contributed by atoms with E-state index in [-0.39, 0.29) is 57.3 Å². The predicted octanol–water partition coefficient (Wildman–Crippen LogP) is 9.33. The number of ether oxygens (including phenoxy) is 2. The van der Waals surface area contributed by atoms with Crippen LogP contribution in [0.15, 0.2) is 158 Å². The van der Waals surface area contributed by atoms with Gasteiger partial charge in [0.2, 0.25) is 11.8 Å². The maximum atomic E-state index is 14.0. The monoisotopic (exact) mass is 1050 g/mol. The van der Waals surface area contributed by atoms with E-state index in [4.69, 9.17) is 9.47 Å². The minimum Gasteiger partial charge on any atom is -0.481 e. The second-order valence-corrected chi connectivity index (χ2v) is 19.3. The van der Waals surface area contributed by atoms with Crippen LogP contribution >= 0.6 is 0 Å². The Morgan fingerprint density at radius 3 is 1.10 bits per heavy atom. The molecule has 0 spiro atoms. The van der Waals surface area contributed by atoms with Gasteiger partial charge >= 0.3 is 23.9 Å². The Hall–Kier alpha value is -10.2. The molecule has 6 aromatic rings. The van der Waals surface area contributed by atoms with Crippen molar-refractivity contribution >= 4 is 76.0 Å². The first-order chi connectivity index (χ1) is 37.5. The highest BCUT2D eigenvalue weighted by molar-refractivity contribution is 6.17. The number of anilines is 4. The van der Waals surface area contributed by atoms with Crippen LogP contribution in [0.4, 0.5) is 22.7 Å². The average Bonchev–Trinajstić information content (AvgIpc) is 4.43. The molecule has 10 rings (SSSR count). The molecular weight excluding hydrogens is 1000 g/mol. The summed E-state index contributed by atoms with van der Waals surface area (Å²) in [5, 5.41) is 50.4. The zero-order valence-corrected chi connectivity index (χ0v) is 40.8. The Morgan fingerprint density at radius 2 is 0.744 bits per heavy atom. The third-order valence-electron chi connectivity index (χ3n) is 14.5. The first kappa shape index (κ1) is 51.3. The Bertz CT molecular complexity index is 3320. The van der Waals surface area contributed by atoms with Crippen LogP contribution in [-0.2, 0) is 19.2 Å². The molecule has 392 valence electrons. The number of fused-ring (bicyclic) bond motifs is 4. The summed E-state index contributed by atoms with van der Waals surface area (Å²) in [5.41, 5.74) is -0.656. The highest BCUT2D eigenvalue weighted by Crippen LogP contribution is 2.50. The largest absolute Gasteiger partial charge is 0.481 e. The number of carboxylic acids is 4. The molecule has 4 aliphatic carbocycles. The van der Waals surface area contributed by atoms with Crippen LogP contribution in [0.5, 0.6) is 23.0 Å². The summed E-state index contributed by atoms with van der Waals surface area (Å²) in [5.74, 6) is -10.6. The van der Waals surface area contributed by atoms with Gasteiger partial charge in [0.05, 0.1) is 45.9 Å². The van der Waals surface area contributed by atoms with Gasteiger partial charge in [-0.1, -0.05) is 48.6 Å². The smallest absolute Gasteiger partial charge is 0.336 e. The number of hydrogen-bond donors (Lipinski definition) is 8. The van der Waals surface area contributed by atoms with Gasteiger partial charge in [0.15, 0.2) is 5.78 Å². The SMILES string of the molecule is O=C(c1ccc(C(=O)O)c(C(=O)Nc2ccc(Oc3cccc(NC(=O)C4C5C=CC(C5)C4C(=O)O)c3)cc2)c1)c1ccc(C(=O)O)c(C(=O)Nc2ccc(Oc3cccc(NC(=O)C4C5C=CC(C5)C4C(=O)O)c3)cc2)c1. The highest BCUT2D eigenvalue weighted by atomic mass is 16.5. The number of rotatable bonds is 18. The number of allylic oxidation sites excluding steroid dienone is 4. The first-order valence-corrected chi connectivity index (χ1v) is 24.6. The number of aliphatic carboxylic acids is 2. The van der Waals surface area contributed by atoms with Crippen molar-refractivity contribution in [3.63, 3.8) is 0 Å². The zero-order chi connectivity index (χ0) is 54.9. The fourth-order valence-electron chi connectivity index (χ4n) is 10.9. The number of benzene rings is 6. The molecule has 78 heavy (non-hydrogen) atoms. The van der Waals surface area contributed by atoms with Gasteiger partial charge in [-0.05, 0) is 134 Å². The molecule has 2 fully saturated rings. The molecule has 19 heteroatoms. The van der Waals surface area contributed by atoms with Gasteiger partial charge in [0.25, 0.3) is 11.8 Å². The van der Waals surface area contributed by atoms with Crippen molar-refractivity contribution in [2.24, 2.45) is 47.3 Å². The maximum absolute atomic E-state index is 14.0. The minimum atomic E-state index is -1.46. The van der Waals surface area contributed by atoms with Gasteiger partial charge in [-0.15, -0.1) is 0 Å². The molecule has 0 aliphatic heterocycles. The molecule has 4 amide bonds. The van der Waals surface area contributed by atoms with Crippen molar-refractivity contribution in [2.75, 3.05) is 21.3 Å². The van der Waals surface area contributed by atoms with Crippen LogP contribution in [0.3, 0.4) is 0 Å². The second kappa shape index (κ2) is 21.2. The molecule has 0 radical (unpaired) electrons. The van der Waals surface area contributed by atoms with E-state index in [1.807, 2.05) is 24.3 Å². The fraction of sp³-hybridized carbons (Fsp3) is 0.169. The number of carbonyl (C=O) groups excluding carboxylic acids is 5. The fourth-order valence-corrected chi connectivity index (χ4v) is 10.9. The predicted molar refractivity (Wildman–Crippen MR) is 280 cm³/mol. The van der Waals surface area contributed by atoms with Crippen LogP contribution in [-0.4, -0.2) is 73.7 Å². The first-order valence-electron chi connectivity index (χ1n) is 24.6. The van der Waals surface area contributed by atoms with Crippen LogP contribution in [0.25, 0.3) is 0 Å². The van der Waals surface area contributed by atoms with E-state index in [1.54, 1.807) is 48.5 Å². The lowest BCUT2D eigenvalue weighted by molar-refractivity contribution is -0.147. The van der Waals surface area contributed by atoms with Gasteiger partial charge in [-0.3, -0.25) is 33.6 Å². The molecule has 2 saturated carbocycles. The van der Waals surface area contributed by atoms with Gasteiger partial charge in [-0.25, -0.2) is 9.59 Å². The normalized spacial score (nSPS) is 21.0. The summed E-state index contributed by atoms with van der Waals surface area (Å²) in [4.78, 5) is 116. The average molecular weight is 1050 g/mol. The van der Waals surface area contributed by atoms with E-state index >= 15 is 0 Å². The number of aromatic carboxylic acids is 2. The molecule has 4 bridgehead atoms. The van der Waals surface area contributed by atoms with Crippen molar-refractivity contribution in [3.05, 3.63) is 191 Å². The quantitative estimate of drug-likeness (QED) is 0.0294. The van der Waals surface area contributed by atoms with Crippen LogP contribution in [0, 0.1) is 47.3 Å². The zero-order valence-electron chi connectivity index (χ0n) is 40.8. The lowest BCUT2D eigenvalue weighted by Crippen LogP contribution is -2.36. The maximum Gasteiger partial charge on any atom is 0.336 e. The number of amides is 4. The summed E-state index contributed by atoms with van der Waals surface area (Å²) < 4.78 is 12.0. The Labute approximate surface area is 443 Å². The molecule has 8 N–H and O–H groups in total. The standard InChI is InChI=1S/C59H46N4O15/c64-51(33-11-21-43(56(69)70)45(25-33)52(65)60-35-13-17-39(18-14-35)77-41-5-1-3-37(27-41)62-54(67)47-29-7-9-31(23-29)49(47)58(73)74)34-12-22-44(57(71)72)46(26-34)53(66)61-36-15-19-40(20-16-36)78-42-6-2-4-38(28-42)63-55(68)48-30-8-10-32(24-30)50(48)59(75)76/h1-22,25-32,47-50H,23-24H2,(H,60,65)(H,61,66)(H,62,67)(H,63,68)(H,69,70)(H,71,72)(H,73,74)(H,75,76). The van der Waals surface area contributed by atoms with Crippen molar-refractivity contribution in [2.45, 2.75) is 12.8 Å². The van der Waals surface area contributed by atoms with E-state index in [0.29, 0.717) is 47.2 Å². The molecule has 19 nitrogen and oxygen atoms in total. The van der Waals surface area contributed by atoms with Crippen molar-refractivity contribution in [1.29, 1.82) is 0 Å². The molecule has 8 atom stereocenters. The number of carbonyl (C=O) groups is 9. The Balaban J connectivity index is 0.773. The molecule has 8 unspecified atom stereocenters. The van der Waals surface area contributed by atoms with E-state index in [9.17, 15) is 63.6 Å². The van der Waals surface area contributed by atoms with E-state index in [0.717, 1.165) is 24.3 Å². The molecule has 0 heterocycles. The number of ketones is 1. The van der Waals surface area contributed by atoms with Crippen LogP contribution in [0.1, 0.15) is 70.2 Å². The summed E-state index contributed by atoms with van der Waals surface area (Å²) in [6.07, 6.45) is 8.74. The van der Waals surface area contributed by atoms with Crippen molar-refractivity contribution in [3.8, 4) is 23.0 Å². The lowest BCUT2D eigenvalue weighted by Gasteiger charge is -2.24. The number of carboxylic acid groups (broad SMARTS) is 4.